The molecule has 1 aromatic heterocycles. The zero-order valence-electron chi connectivity index (χ0n) is 12.7. The van der Waals surface area contributed by atoms with Gasteiger partial charge in [-0.1, -0.05) is 0 Å². The summed E-state index contributed by atoms with van der Waals surface area (Å²) < 4.78 is 7.37. The van der Waals surface area contributed by atoms with Gasteiger partial charge in [0.2, 0.25) is 0 Å². The number of nitrogens with one attached hydrogen (secondary N) is 1. The van der Waals surface area contributed by atoms with Crippen LogP contribution in [-0.4, -0.2) is 30.2 Å². The molecule has 3 rings (SSSR count). The minimum atomic E-state index is 0.00566. The second-order valence-electron chi connectivity index (χ2n) is 5.74. The van der Waals surface area contributed by atoms with Crippen LogP contribution in [0.15, 0.2) is 48.8 Å². The van der Waals surface area contributed by atoms with Crippen molar-refractivity contribution in [3.63, 3.8) is 0 Å². The average Bonchev–Trinajstić information content (AvgIpc) is 3.10. The number of carbonyl (C=O) groups excluding carboxylic acids is 1. The highest BCUT2D eigenvalue weighted by Gasteiger charge is 2.14. The van der Waals surface area contributed by atoms with Gasteiger partial charge in [0.15, 0.2) is 0 Å². The van der Waals surface area contributed by atoms with E-state index in [0.29, 0.717) is 11.5 Å². The van der Waals surface area contributed by atoms with E-state index in [4.69, 9.17) is 4.74 Å². The number of hydrogen-bond acceptors (Lipinski definition) is 2. The zero-order chi connectivity index (χ0) is 15.2. The molecule has 1 aliphatic heterocycles. The molecule has 2 heterocycles. The Morgan fingerprint density at radius 2 is 1.82 bits per heavy atom. The molecular formula is C18H22N2O2. The first-order valence-electron chi connectivity index (χ1n) is 7.92. The van der Waals surface area contributed by atoms with Gasteiger partial charge in [-0.2, -0.15) is 0 Å². The van der Waals surface area contributed by atoms with Gasteiger partial charge in [-0.3, -0.25) is 4.79 Å². The molecule has 22 heavy (non-hydrogen) atoms. The number of nitrogens with zero attached hydrogens (tertiary/aromatic N) is 1. The number of benzene rings is 1. The number of amides is 1. The van der Waals surface area contributed by atoms with Crippen LogP contribution in [0.2, 0.25) is 0 Å². The summed E-state index contributed by atoms with van der Waals surface area (Å²) in [7, 11) is 0. The van der Waals surface area contributed by atoms with Gasteiger partial charge in [-0.25, -0.2) is 0 Å². The molecule has 2 aromatic rings. The smallest absolute Gasteiger partial charge is 0.251 e. The Morgan fingerprint density at radius 3 is 2.50 bits per heavy atom. The van der Waals surface area contributed by atoms with E-state index in [0.717, 1.165) is 44.7 Å². The largest absolute Gasteiger partial charge is 0.381 e. The standard InChI is InChI=1S/C18H22N2O2/c21-18(19-10-7-15-8-13-22-14-9-15)16-3-5-17(6-4-16)20-11-1-2-12-20/h1-6,11-12,15H,7-10,13-14H2,(H,19,21). The van der Waals surface area contributed by atoms with Crippen molar-refractivity contribution >= 4 is 5.91 Å². The summed E-state index contributed by atoms with van der Waals surface area (Å²) in [5.41, 5.74) is 1.77. The predicted octanol–water partition coefficient (Wildman–Crippen LogP) is 3.02. The minimum absolute atomic E-state index is 0.00566. The maximum atomic E-state index is 12.1. The molecule has 0 aliphatic carbocycles. The first-order valence-corrected chi connectivity index (χ1v) is 7.92. The molecule has 1 saturated heterocycles. The van der Waals surface area contributed by atoms with Crippen LogP contribution in [0, 0.1) is 5.92 Å². The number of hydrogen-bond donors (Lipinski definition) is 1. The van der Waals surface area contributed by atoms with E-state index < -0.39 is 0 Å². The van der Waals surface area contributed by atoms with Gasteiger partial charge in [0.05, 0.1) is 0 Å². The van der Waals surface area contributed by atoms with Crippen molar-refractivity contribution < 1.29 is 9.53 Å². The van der Waals surface area contributed by atoms with Crippen LogP contribution in [0.4, 0.5) is 0 Å². The fourth-order valence-electron chi connectivity index (χ4n) is 2.82. The molecule has 1 N–H and O–H groups in total. The molecule has 4 heteroatoms. The van der Waals surface area contributed by atoms with Crippen molar-refractivity contribution in [2.45, 2.75) is 19.3 Å². The lowest BCUT2D eigenvalue weighted by Gasteiger charge is -2.21. The Morgan fingerprint density at radius 1 is 1.14 bits per heavy atom. The van der Waals surface area contributed by atoms with Crippen LogP contribution in [0.5, 0.6) is 0 Å². The van der Waals surface area contributed by atoms with Gasteiger partial charge < -0.3 is 14.6 Å². The van der Waals surface area contributed by atoms with Gasteiger partial charge in [0.1, 0.15) is 0 Å². The van der Waals surface area contributed by atoms with Crippen LogP contribution in [0.25, 0.3) is 5.69 Å². The quantitative estimate of drug-likeness (QED) is 0.922. The molecule has 0 spiro atoms. The lowest BCUT2D eigenvalue weighted by molar-refractivity contribution is 0.0636. The highest BCUT2D eigenvalue weighted by molar-refractivity contribution is 5.94. The van der Waals surface area contributed by atoms with Crippen molar-refractivity contribution in [1.82, 2.24) is 9.88 Å². The maximum Gasteiger partial charge on any atom is 0.251 e. The summed E-state index contributed by atoms with van der Waals surface area (Å²) in [6.07, 6.45) is 7.24. The summed E-state index contributed by atoms with van der Waals surface area (Å²) in [5, 5.41) is 3.01. The Kier molecular flexibility index (Phi) is 4.91. The molecule has 1 aromatic carbocycles. The Hall–Kier alpha value is -2.07. The molecule has 0 unspecified atom stereocenters. The summed E-state index contributed by atoms with van der Waals surface area (Å²) in [6, 6.07) is 11.6. The molecule has 1 amide bonds. The van der Waals surface area contributed by atoms with Crippen molar-refractivity contribution in [3.05, 3.63) is 54.4 Å². The van der Waals surface area contributed by atoms with Crippen LogP contribution in [0.1, 0.15) is 29.6 Å². The third kappa shape index (κ3) is 3.77. The molecule has 116 valence electrons. The summed E-state index contributed by atoms with van der Waals surface area (Å²) >= 11 is 0. The van der Waals surface area contributed by atoms with E-state index in [2.05, 4.69) is 5.32 Å². The average molecular weight is 298 g/mol. The SMILES string of the molecule is O=C(NCCC1CCOCC1)c1ccc(-n2cccc2)cc1. The number of rotatable bonds is 5. The topological polar surface area (TPSA) is 43.3 Å². The van der Waals surface area contributed by atoms with Gasteiger partial charge in [-0.05, 0) is 61.6 Å². The van der Waals surface area contributed by atoms with Crippen molar-refractivity contribution in [3.8, 4) is 5.69 Å². The molecule has 0 atom stereocenters. The molecule has 1 aliphatic rings. The van der Waals surface area contributed by atoms with Crippen LogP contribution >= 0.6 is 0 Å². The molecule has 0 saturated carbocycles. The Balaban J connectivity index is 1.49. The van der Waals surface area contributed by atoms with Crippen molar-refractivity contribution in [1.29, 1.82) is 0 Å². The first-order chi connectivity index (χ1) is 10.8. The zero-order valence-corrected chi connectivity index (χ0v) is 12.7. The lowest BCUT2D eigenvalue weighted by atomic mass is 9.97. The normalized spacial score (nSPS) is 15.6. The predicted molar refractivity (Wildman–Crippen MR) is 86.3 cm³/mol. The van der Waals surface area contributed by atoms with Gasteiger partial charge in [0.25, 0.3) is 5.91 Å². The Labute approximate surface area is 131 Å². The van der Waals surface area contributed by atoms with E-state index in [9.17, 15) is 4.79 Å². The third-order valence-corrected chi connectivity index (χ3v) is 4.21. The third-order valence-electron chi connectivity index (χ3n) is 4.21. The van der Waals surface area contributed by atoms with E-state index in [1.54, 1.807) is 0 Å². The van der Waals surface area contributed by atoms with Gasteiger partial charge in [-0.15, -0.1) is 0 Å². The van der Waals surface area contributed by atoms with E-state index in [-0.39, 0.29) is 5.91 Å². The number of ether oxygens (including phenoxy) is 1. The number of aromatic nitrogens is 1. The molecule has 0 radical (unpaired) electrons. The van der Waals surface area contributed by atoms with Crippen LogP contribution in [-0.2, 0) is 4.74 Å². The second-order valence-corrected chi connectivity index (χ2v) is 5.74. The summed E-state index contributed by atoms with van der Waals surface area (Å²) in [5.74, 6) is 0.691. The van der Waals surface area contributed by atoms with Crippen molar-refractivity contribution in [2.75, 3.05) is 19.8 Å². The molecule has 4 nitrogen and oxygen atoms in total. The highest BCUT2D eigenvalue weighted by Crippen LogP contribution is 2.17. The van der Waals surface area contributed by atoms with Gasteiger partial charge in [0, 0.05) is 43.4 Å². The fourth-order valence-corrected chi connectivity index (χ4v) is 2.82. The second kappa shape index (κ2) is 7.27. The summed E-state index contributed by atoms with van der Waals surface area (Å²) in [6.45, 7) is 2.46. The first kappa shape index (κ1) is 14.9. The highest BCUT2D eigenvalue weighted by atomic mass is 16.5. The van der Waals surface area contributed by atoms with Crippen LogP contribution in [0.3, 0.4) is 0 Å². The van der Waals surface area contributed by atoms with E-state index in [1.165, 1.54) is 0 Å². The van der Waals surface area contributed by atoms with Crippen LogP contribution < -0.4 is 5.32 Å². The van der Waals surface area contributed by atoms with Crippen molar-refractivity contribution in [2.24, 2.45) is 5.92 Å². The molecule has 1 fully saturated rings. The van der Waals surface area contributed by atoms with Gasteiger partial charge >= 0.3 is 0 Å². The number of carbonyl (C=O) groups is 1. The maximum absolute atomic E-state index is 12.1. The molecular weight excluding hydrogens is 276 g/mol. The summed E-state index contributed by atoms with van der Waals surface area (Å²) in [4.78, 5) is 12.1. The molecule has 0 bridgehead atoms. The lowest BCUT2D eigenvalue weighted by Crippen LogP contribution is -2.27. The minimum Gasteiger partial charge on any atom is -0.381 e. The Bertz CT molecular complexity index is 584. The fraction of sp³-hybridized carbons (Fsp3) is 0.389. The van der Waals surface area contributed by atoms with E-state index >= 15 is 0 Å². The monoisotopic (exact) mass is 298 g/mol. The van der Waals surface area contributed by atoms with E-state index in [1.807, 2.05) is 53.4 Å².